The Morgan fingerprint density at radius 1 is 1.21 bits per heavy atom. The molecule has 0 radical (unpaired) electrons. The van der Waals surface area contributed by atoms with Crippen LogP contribution in [0, 0.1) is 5.92 Å². The molecular formula is C18H30N4O2. The summed E-state index contributed by atoms with van der Waals surface area (Å²) in [6.07, 6.45) is 7.12. The standard InChI is InChI=1S/C18H30N4O2/c1-13(2)11-16(23)21-10-6-7-14(12-21)17-19-20(3)18(24)22(17)15-8-4-5-9-15/h13-15H,4-12H2,1-3H3. The maximum Gasteiger partial charge on any atom is 0.345 e. The number of hydrogen-bond acceptors (Lipinski definition) is 3. The minimum absolute atomic E-state index is 0.00234. The van der Waals surface area contributed by atoms with Crippen LogP contribution in [0.3, 0.4) is 0 Å². The van der Waals surface area contributed by atoms with E-state index in [1.807, 2.05) is 9.47 Å². The molecule has 2 heterocycles. The number of nitrogens with zero attached hydrogens (tertiary/aromatic N) is 4. The topological polar surface area (TPSA) is 60.1 Å². The predicted molar refractivity (Wildman–Crippen MR) is 93.0 cm³/mol. The van der Waals surface area contributed by atoms with Gasteiger partial charge in [-0.05, 0) is 31.6 Å². The van der Waals surface area contributed by atoms with Gasteiger partial charge in [-0.15, -0.1) is 0 Å². The summed E-state index contributed by atoms with van der Waals surface area (Å²) < 4.78 is 3.41. The molecule has 1 amide bonds. The Labute approximate surface area is 143 Å². The van der Waals surface area contributed by atoms with Crippen molar-refractivity contribution in [3.8, 4) is 0 Å². The van der Waals surface area contributed by atoms with Crippen molar-refractivity contribution >= 4 is 5.91 Å². The third kappa shape index (κ3) is 3.42. The van der Waals surface area contributed by atoms with Gasteiger partial charge in [0.15, 0.2) is 0 Å². The van der Waals surface area contributed by atoms with Crippen LogP contribution < -0.4 is 5.69 Å². The average Bonchev–Trinajstić information content (AvgIpc) is 3.16. The number of rotatable bonds is 4. The molecule has 6 nitrogen and oxygen atoms in total. The molecule has 6 heteroatoms. The Hall–Kier alpha value is -1.59. The molecule has 1 atom stereocenters. The van der Waals surface area contributed by atoms with Crippen molar-refractivity contribution in [2.75, 3.05) is 13.1 Å². The number of likely N-dealkylation sites (tertiary alicyclic amines) is 1. The minimum Gasteiger partial charge on any atom is -0.342 e. The quantitative estimate of drug-likeness (QED) is 0.850. The number of carbonyl (C=O) groups is 1. The molecule has 2 aliphatic rings. The second-order valence-electron chi connectivity index (χ2n) is 7.85. The lowest BCUT2D eigenvalue weighted by atomic mass is 9.96. The van der Waals surface area contributed by atoms with Crippen LogP contribution in [0.2, 0.25) is 0 Å². The van der Waals surface area contributed by atoms with E-state index in [-0.39, 0.29) is 17.5 Å². The van der Waals surface area contributed by atoms with Crippen LogP contribution in [-0.4, -0.2) is 38.2 Å². The number of hydrogen-bond donors (Lipinski definition) is 0. The number of carbonyl (C=O) groups excluding carboxylic acids is 1. The molecule has 1 unspecified atom stereocenters. The van der Waals surface area contributed by atoms with E-state index in [0.717, 1.165) is 38.1 Å². The van der Waals surface area contributed by atoms with Crippen LogP contribution in [0.25, 0.3) is 0 Å². The first-order valence-corrected chi connectivity index (χ1v) is 9.40. The summed E-state index contributed by atoms with van der Waals surface area (Å²) >= 11 is 0. The van der Waals surface area contributed by atoms with Crippen molar-refractivity contribution in [2.45, 2.75) is 70.8 Å². The molecule has 2 fully saturated rings. The highest BCUT2D eigenvalue weighted by molar-refractivity contribution is 5.76. The van der Waals surface area contributed by atoms with Gasteiger partial charge >= 0.3 is 5.69 Å². The van der Waals surface area contributed by atoms with Crippen LogP contribution >= 0.6 is 0 Å². The van der Waals surface area contributed by atoms with Gasteiger partial charge in [-0.1, -0.05) is 26.7 Å². The van der Waals surface area contributed by atoms with Crippen molar-refractivity contribution < 1.29 is 4.79 Å². The molecule has 24 heavy (non-hydrogen) atoms. The molecule has 1 aliphatic heterocycles. The Balaban J connectivity index is 1.82. The number of piperidine rings is 1. The van der Waals surface area contributed by atoms with Gasteiger partial charge < -0.3 is 4.90 Å². The normalized spacial score (nSPS) is 22.5. The van der Waals surface area contributed by atoms with Gasteiger partial charge in [-0.3, -0.25) is 9.36 Å². The molecule has 1 aromatic rings. The number of aryl methyl sites for hydroxylation is 1. The zero-order chi connectivity index (χ0) is 17.3. The van der Waals surface area contributed by atoms with Crippen LogP contribution in [0.15, 0.2) is 4.79 Å². The Morgan fingerprint density at radius 3 is 2.58 bits per heavy atom. The third-order valence-corrected chi connectivity index (χ3v) is 5.39. The summed E-state index contributed by atoms with van der Waals surface area (Å²) in [6, 6.07) is 0.294. The fourth-order valence-corrected chi connectivity index (χ4v) is 4.18. The molecule has 1 aromatic heterocycles. The van der Waals surface area contributed by atoms with Gasteiger partial charge in [0.2, 0.25) is 5.91 Å². The molecule has 0 spiro atoms. The summed E-state index contributed by atoms with van der Waals surface area (Å²) in [5.74, 6) is 1.70. The van der Waals surface area contributed by atoms with Gasteiger partial charge in [0.05, 0.1) is 0 Å². The largest absolute Gasteiger partial charge is 0.345 e. The first kappa shape index (κ1) is 17.2. The molecule has 0 N–H and O–H groups in total. The number of aromatic nitrogens is 3. The third-order valence-electron chi connectivity index (χ3n) is 5.39. The van der Waals surface area contributed by atoms with Crippen LogP contribution in [0.5, 0.6) is 0 Å². The highest BCUT2D eigenvalue weighted by Gasteiger charge is 2.32. The molecule has 3 rings (SSSR count). The van der Waals surface area contributed by atoms with E-state index in [1.165, 1.54) is 17.5 Å². The van der Waals surface area contributed by atoms with Crippen LogP contribution in [-0.2, 0) is 11.8 Å². The summed E-state index contributed by atoms with van der Waals surface area (Å²) in [5, 5.41) is 4.56. The lowest BCUT2D eigenvalue weighted by Crippen LogP contribution is -2.40. The second kappa shape index (κ2) is 7.11. The van der Waals surface area contributed by atoms with E-state index in [2.05, 4.69) is 18.9 Å². The molecule has 0 bridgehead atoms. The zero-order valence-electron chi connectivity index (χ0n) is 15.2. The van der Waals surface area contributed by atoms with Crippen molar-refractivity contribution in [2.24, 2.45) is 13.0 Å². The fourth-order valence-electron chi connectivity index (χ4n) is 4.18. The monoisotopic (exact) mass is 334 g/mol. The molecule has 0 aromatic carbocycles. The molecule has 1 saturated heterocycles. The van der Waals surface area contributed by atoms with Crippen molar-refractivity contribution in [3.05, 3.63) is 16.3 Å². The average molecular weight is 334 g/mol. The maximum atomic E-state index is 12.6. The van der Waals surface area contributed by atoms with E-state index in [4.69, 9.17) is 0 Å². The number of amides is 1. The van der Waals surface area contributed by atoms with E-state index in [1.54, 1.807) is 7.05 Å². The van der Waals surface area contributed by atoms with Gasteiger partial charge in [0.1, 0.15) is 5.82 Å². The summed E-state index contributed by atoms with van der Waals surface area (Å²) in [4.78, 5) is 27.0. The zero-order valence-corrected chi connectivity index (χ0v) is 15.2. The van der Waals surface area contributed by atoms with Crippen molar-refractivity contribution in [1.29, 1.82) is 0 Å². The lowest BCUT2D eigenvalue weighted by Gasteiger charge is -2.33. The SMILES string of the molecule is CC(C)CC(=O)N1CCCC(c2nn(C)c(=O)n2C2CCCC2)C1. The fraction of sp³-hybridized carbons (Fsp3) is 0.833. The van der Waals surface area contributed by atoms with Gasteiger partial charge in [-0.2, -0.15) is 5.10 Å². The highest BCUT2D eigenvalue weighted by Crippen LogP contribution is 2.33. The van der Waals surface area contributed by atoms with Gasteiger partial charge in [0, 0.05) is 38.5 Å². The van der Waals surface area contributed by atoms with E-state index >= 15 is 0 Å². The Morgan fingerprint density at radius 2 is 1.92 bits per heavy atom. The highest BCUT2D eigenvalue weighted by atomic mass is 16.2. The smallest absolute Gasteiger partial charge is 0.342 e. The first-order chi connectivity index (χ1) is 11.5. The second-order valence-corrected chi connectivity index (χ2v) is 7.85. The predicted octanol–water partition coefficient (Wildman–Crippen LogP) is 2.45. The van der Waals surface area contributed by atoms with Crippen molar-refractivity contribution in [1.82, 2.24) is 19.2 Å². The maximum absolute atomic E-state index is 12.6. The molecular weight excluding hydrogens is 304 g/mol. The summed E-state index contributed by atoms with van der Waals surface area (Å²) in [5.41, 5.74) is 0.00234. The van der Waals surface area contributed by atoms with Gasteiger partial charge in [-0.25, -0.2) is 9.48 Å². The molecule has 1 saturated carbocycles. The summed E-state index contributed by atoms with van der Waals surface area (Å²) in [7, 11) is 1.74. The van der Waals surface area contributed by atoms with E-state index in [0.29, 0.717) is 24.9 Å². The molecule has 134 valence electrons. The van der Waals surface area contributed by atoms with E-state index < -0.39 is 0 Å². The Bertz CT molecular complexity index is 640. The first-order valence-electron chi connectivity index (χ1n) is 9.40. The van der Waals surface area contributed by atoms with E-state index in [9.17, 15) is 9.59 Å². The van der Waals surface area contributed by atoms with Gasteiger partial charge in [0.25, 0.3) is 0 Å². The Kier molecular flexibility index (Phi) is 5.11. The molecule has 1 aliphatic carbocycles. The van der Waals surface area contributed by atoms with Crippen LogP contribution in [0.4, 0.5) is 0 Å². The minimum atomic E-state index is 0.00234. The lowest BCUT2D eigenvalue weighted by molar-refractivity contribution is -0.133. The summed E-state index contributed by atoms with van der Waals surface area (Å²) in [6.45, 7) is 5.70. The van der Waals surface area contributed by atoms with Crippen molar-refractivity contribution in [3.63, 3.8) is 0 Å². The van der Waals surface area contributed by atoms with Crippen LogP contribution in [0.1, 0.15) is 76.6 Å².